The molecule has 0 spiro atoms. The Hall–Kier alpha value is -0.870. The molecule has 0 aliphatic carbocycles. The Morgan fingerprint density at radius 2 is 2.12 bits per heavy atom. The van der Waals surface area contributed by atoms with E-state index in [0.717, 1.165) is 0 Å². The van der Waals surface area contributed by atoms with E-state index in [9.17, 15) is 4.79 Å². The van der Waals surface area contributed by atoms with Gasteiger partial charge in [-0.15, -0.1) is 11.3 Å². The average molecular weight is 254 g/mol. The van der Waals surface area contributed by atoms with Gasteiger partial charge in [0.2, 0.25) is 5.91 Å². The molecular formula is C13H22N2OS. The Balaban J connectivity index is 2.68. The Morgan fingerprint density at radius 3 is 2.53 bits per heavy atom. The highest BCUT2D eigenvalue weighted by Gasteiger charge is 2.29. The maximum Gasteiger partial charge on any atom is 0.240 e. The molecule has 1 rings (SSSR count). The average Bonchev–Trinajstić information content (AvgIpc) is 2.61. The summed E-state index contributed by atoms with van der Waals surface area (Å²) < 4.78 is 0. The largest absolute Gasteiger partial charge is 0.339 e. The Kier molecular flexibility index (Phi) is 4.33. The molecule has 0 saturated heterocycles. The van der Waals surface area contributed by atoms with Crippen LogP contribution in [0.2, 0.25) is 0 Å². The number of carbonyl (C=O) groups excluding carboxylic acids is 1. The highest BCUT2D eigenvalue weighted by atomic mass is 32.1. The molecule has 1 atom stereocenters. The van der Waals surface area contributed by atoms with Gasteiger partial charge < -0.3 is 10.6 Å². The minimum atomic E-state index is -0.451. The molecule has 17 heavy (non-hydrogen) atoms. The van der Waals surface area contributed by atoms with Crippen molar-refractivity contribution in [2.45, 2.75) is 40.3 Å². The fourth-order valence-electron chi connectivity index (χ4n) is 1.47. The van der Waals surface area contributed by atoms with Gasteiger partial charge in [0.05, 0.1) is 12.6 Å². The summed E-state index contributed by atoms with van der Waals surface area (Å²) in [6.45, 7) is 8.67. The van der Waals surface area contributed by atoms with E-state index < -0.39 is 6.04 Å². The number of amides is 1. The standard InChI is InChI=1S/C13H22N2OS/c1-9-6-7-17-10(9)8-15(5)12(16)11(14)13(2,3)4/h6-7,11H,8,14H2,1-5H3. The van der Waals surface area contributed by atoms with Crippen molar-refractivity contribution >= 4 is 17.2 Å². The summed E-state index contributed by atoms with van der Waals surface area (Å²) in [5.41, 5.74) is 7.01. The van der Waals surface area contributed by atoms with Crippen molar-refractivity contribution in [2.75, 3.05) is 7.05 Å². The first kappa shape index (κ1) is 14.2. The van der Waals surface area contributed by atoms with Gasteiger partial charge in [-0.3, -0.25) is 4.79 Å². The molecule has 3 nitrogen and oxygen atoms in total. The quantitative estimate of drug-likeness (QED) is 0.900. The van der Waals surface area contributed by atoms with E-state index in [1.54, 1.807) is 16.2 Å². The first-order valence-electron chi connectivity index (χ1n) is 5.77. The van der Waals surface area contributed by atoms with Gasteiger partial charge >= 0.3 is 0 Å². The highest BCUT2D eigenvalue weighted by Crippen LogP contribution is 2.21. The van der Waals surface area contributed by atoms with Crippen molar-refractivity contribution in [3.63, 3.8) is 0 Å². The van der Waals surface area contributed by atoms with Gasteiger partial charge in [0.25, 0.3) is 0 Å². The SMILES string of the molecule is Cc1ccsc1CN(C)C(=O)C(N)C(C)(C)C. The van der Waals surface area contributed by atoms with Crippen LogP contribution in [0.5, 0.6) is 0 Å². The summed E-state index contributed by atoms with van der Waals surface area (Å²) in [4.78, 5) is 15.1. The van der Waals surface area contributed by atoms with Gasteiger partial charge in [0.1, 0.15) is 0 Å². The van der Waals surface area contributed by atoms with Crippen LogP contribution >= 0.6 is 11.3 Å². The molecule has 1 amide bonds. The number of likely N-dealkylation sites (N-methyl/N-ethyl adjacent to an activating group) is 1. The Bertz CT molecular complexity index is 392. The number of rotatable bonds is 3. The third kappa shape index (κ3) is 3.54. The third-order valence-electron chi connectivity index (χ3n) is 2.92. The molecule has 0 aliphatic rings. The maximum absolute atomic E-state index is 12.1. The molecule has 2 N–H and O–H groups in total. The predicted molar refractivity (Wildman–Crippen MR) is 73.0 cm³/mol. The van der Waals surface area contributed by atoms with Crippen LogP contribution in [0.25, 0.3) is 0 Å². The Labute approximate surface area is 108 Å². The van der Waals surface area contributed by atoms with Gasteiger partial charge in [-0.05, 0) is 29.3 Å². The molecule has 0 radical (unpaired) electrons. The van der Waals surface area contributed by atoms with E-state index in [-0.39, 0.29) is 11.3 Å². The zero-order valence-electron chi connectivity index (χ0n) is 11.3. The van der Waals surface area contributed by atoms with E-state index in [4.69, 9.17) is 5.73 Å². The zero-order chi connectivity index (χ0) is 13.2. The topological polar surface area (TPSA) is 46.3 Å². The maximum atomic E-state index is 12.1. The molecule has 0 aromatic carbocycles. The number of nitrogens with two attached hydrogens (primary N) is 1. The molecule has 0 saturated carbocycles. The fraction of sp³-hybridized carbons (Fsp3) is 0.615. The van der Waals surface area contributed by atoms with Crippen LogP contribution in [0.15, 0.2) is 11.4 Å². The Morgan fingerprint density at radius 1 is 1.53 bits per heavy atom. The van der Waals surface area contributed by atoms with Crippen LogP contribution in [0.1, 0.15) is 31.2 Å². The fourth-order valence-corrected chi connectivity index (χ4v) is 2.43. The first-order chi connectivity index (χ1) is 7.73. The molecule has 1 unspecified atom stereocenters. The van der Waals surface area contributed by atoms with E-state index in [2.05, 4.69) is 13.0 Å². The van der Waals surface area contributed by atoms with Crippen LogP contribution in [0, 0.1) is 12.3 Å². The molecule has 0 fully saturated rings. The van der Waals surface area contributed by atoms with E-state index in [1.165, 1.54) is 10.4 Å². The van der Waals surface area contributed by atoms with E-state index in [1.807, 2.05) is 33.2 Å². The van der Waals surface area contributed by atoms with E-state index in [0.29, 0.717) is 6.54 Å². The molecule has 0 bridgehead atoms. The smallest absolute Gasteiger partial charge is 0.240 e. The first-order valence-corrected chi connectivity index (χ1v) is 6.65. The van der Waals surface area contributed by atoms with Gasteiger partial charge in [-0.25, -0.2) is 0 Å². The van der Waals surface area contributed by atoms with Gasteiger partial charge in [0, 0.05) is 11.9 Å². The van der Waals surface area contributed by atoms with Crippen LogP contribution < -0.4 is 5.73 Å². The molecule has 4 heteroatoms. The number of hydrogen-bond donors (Lipinski definition) is 1. The predicted octanol–water partition coefficient (Wildman–Crippen LogP) is 2.39. The summed E-state index contributed by atoms with van der Waals surface area (Å²) in [6.07, 6.45) is 0. The number of nitrogens with zero attached hydrogens (tertiary/aromatic N) is 1. The number of thiophene rings is 1. The minimum absolute atomic E-state index is 0.00491. The minimum Gasteiger partial charge on any atom is -0.339 e. The van der Waals surface area contributed by atoms with Gasteiger partial charge in [-0.1, -0.05) is 20.8 Å². The highest BCUT2D eigenvalue weighted by molar-refractivity contribution is 7.10. The summed E-state index contributed by atoms with van der Waals surface area (Å²) in [7, 11) is 1.81. The second kappa shape index (κ2) is 5.19. The lowest BCUT2D eigenvalue weighted by molar-refractivity contribution is -0.134. The normalized spacial score (nSPS) is 13.5. The molecule has 1 aromatic heterocycles. The van der Waals surface area contributed by atoms with Crippen LogP contribution in [-0.4, -0.2) is 23.9 Å². The van der Waals surface area contributed by atoms with Gasteiger partial charge in [-0.2, -0.15) is 0 Å². The molecule has 1 heterocycles. The van der Waals surface area contributed by atoms with Crippen LogP contribution in [0.4, 0.5) is 0 Å². The molecular weight excluding hydrogens is 232 g/mol. The number of aryl methyl sites for hydroxylation is 1. The summed E-state index contributed by atoms with van der Waals surface area (Å²) >= 11 is 1.68. The molecule has 1 aromatic rings. The van der Waals surface area contributed by atoms with Crippen molar-refractivity contribution in [1.82, 2.24) is 4.90 Å². The lowest BCUT2D eigenvalue weighted by Crippen LogP contribution is -2.48. The number of carbonyl (C=O) groups is 1. The zero-order valence-corrected chi connectivity index (χ0v) is 12.1. The molecule has 0 aliphatic heterocycles. The van der Waals surface area contributed by atoms with Crippen molar-refractivity contribution in [3.05, 3.63) is 21.9 Å². The van der Waals surface area contributed by atoms with Gasteiger partial charge in [0.15, 0.2) is 0 Å². The summed E-state index contributed by atoms with van der Waals surface area (Å²) in [5.74, 6) is 0.00491. The van der Waals surface area contributed by atoms with E-state index >= 15 is 0 Å². The second-order valence-corrected chi connectivity index (χ2v) is 6.57. The summed E-state index contributed by atoms with van der Waals surface area (Å²) in [6, 6.07) is 1.62. The lowest BCUT2D eigenvalue weighted by atomic mass is 9.86. The van der Waals surface area contributed by atoms with Crippen LogP contribution in [0.3, 0.4) is 0 Å². The van der Waals surface area contributed by atoms with Crippen molar-refractivity contribution < 1.29 is 4.79 Å². The molecule has 96 valence electrons. The van der Waals surface area contributed by atoms with Crippen molar-refractivity contribution in [1.29, 1.82) is 0 Å². The summed E-state index contributed by atoms with van der Waals surface area (Å²) in [5, 5.41) is 2.05. The lowest BCUT2D eigenvalue weighted by Gasteiger charge is -2.29. The monoisotopic (exact) mass is 254 g/mol. The van der Waals surface area contributed by atoms with Crippen molar-refractivity contribution in [3.8, 4) is 0 Å². The second-order valence-electron chi connectivity index (χ2n) is 5.56. The van der Waals surface area contributed by atoms with Crippen LogP contribution in [-0.2, 0) is 11.3 Å². The number of hydrogen-bond acceptors (Lipinski definition) is 3. The van der Waals surface area contributed by atoms with Crippen molar-refractivity contribution in [2.24, 2.45) is 11.1 Å². The third-order valence-corrected chi connectivity index (χ3v) is 3.93.